The van der Waals surface area contributed by atoms with Crippen molar-refractivity contribution in [3.8, 4) is 0 Å². The van der Waals surface area contributed by atoms with Crippen LogP contribution in [0, 0.1) is 0 Å². The van der Waals surface area contributed by atoms with Crippen molar-refractivity contribution >= 4 is 21.7 Å². The van der Waals surface area contributed by atoms with Crippen LogP contribution in [0.15, 0.2) is 18.3 Å². The molecule has 1 aromatic heterocycles. The van der Waals surface area contributed by atoms with Gasteiger partial charge in [-0.25, -0.2) is 0 Å². The van der Waals surface area contributed by atoms with Gasteiger partial charge in [-0.3, -0.25) is 9.17 Å². The highest BCUT2D eigenvalue weighted by Crippen LogP contribution is 2.20. The highest BCUT2D eigenvalue weighted by molar-refractivity contribution is 7.85. The first-order valence-electron chi connectivity index (χ1n) is 4.39. The molecule has 16 heavy (non-hydrogen) atoms. The van der Waals surface area contributed by atoms with Gasteiger partial charge in [-0.05, 0) is 19.1 Å². The van der Waals surface area contributed by atoms with Gasteiger partial charge in [0.25, 0.3) is 10.1 Å². The lowest BCUT2D eigenvalue weighted by molar-refractivity contribution is 0.00633. The molecule has 1 atom stereocenters. The summed E-state index contributed by atoms with van der Waals surface area (Å²) < 4.78 is 26.1. The summed E-state index contributed by atoms with van der Waals surface area (Å²) in [5.74, 6) is 0. The van der Waals surface area contributed by atoms with Crippen LogP contribution >= 0.6 is 11.6 Å². The van der Waals surface area contributed by atoms with Crippen molar-refractivity contribution in [1.82, 2.24) is 4.98 Å². The predicted molar refractivity (Wildman–Crippen MR) is 59.6 cm³/mol. The van der Waals surface area contributed by atoms with Crippen molar-refractivity contribution in [2.24, 2.45) is 0 Å². The number of halogens is 1. The van der Waals surface area contributed by atoms with E-state index in [1.807, 2.05) is 0 Å². The van der Waals surface area contributed by atoms with E-state index < -0.39 is 15.7 Å². The number of hydrogen-bond acceptors (Lipinski definition) is 5. The lowest BCUT2D eigenvalue weighted by Gasteiger charge is -2.21. The van der Waals surface area contributed by atoms with Crippen LogP contribution in [0.2, 0.25) is 5.02 Å². The summed E-state index contributed by atoms with van der Waals surface area (Å²) in [5, 5.41) is 10.4. The molecular formula is C9H12ClNO4S. The molecule has 90 valence electrons. The molecule has 0 aliphatic rings. The van der Waals surface area contributed by atoms with Crippen LogP contribution < -0.4 is 0 Å². The van der Waals surface area contributed by atoms with Gasteiger partial charge in [0.15, 0.2) is 0 Å². The number of rotatable bonds is 4. The first-order chi connectivity index (χ1) is 7.21. The van der Waals surface area contributed by atoms with E-state index in [1.165, 1.54) is 19.2 Å². The van der Waals surface area contributed by atoms with Crippen molar-refractivity contribution in [2.75, 3.05) is 12.9 Å². The Morgan fingerprint density at radius 3 is 2.62 bits per heavy atom. The summed E-state index contributed by atoms with van der Waals surface area (Å²) >= 11 is 5.64. The average molecular weight is 266 g/mol. The van der Waals surface area contributed by atoms with Crippen LogP contribution in [0.5, 0.6) is 0 Å². The molecule has 1 N–H and O–H groups in total. The number of aromatic nitrogens is 1. The lowest BCUT2D eigenvalue weighted by Crippen LogP contribution is -2.30. The number of aliphatic hydroxyl groups is 1. The maximum absolute atomic E-state index is 10.8. The van der Waals surface area contributed by atoms with Crippen LogP contribution in [0.4, 0.5) is 0 Å². The molecule has 0 bridgehead atoms. The van der Waals surface area contributed by atoms with Crippen molar-refractivity contribution in [1.29, 1.82) is 0 Å². The molecule has 0 spiro atoms. The van der Waals surface area contributed by atoms with Crippen LogP contribution in [0.3, 0.4) is 0 Å². The van der Waals surface area contributed by atoms with E-state index in [4.69, 9.17) is 11.6 Å². The van der Waals surface area contributed by atoms with E-state index in [0.717, 1.165) is 6.26 Å². The molecule has 5 nitrogen and oxygen atoms in total. The first-order valence-corrected chi connectivity index (χ1v) is 6.59. The molecule has 0 amide bonds. The first kappa shape index (κ1) is 13.4. The number of hydrogen-bond donors (Lipinski definition) is 1. The van der Waals surface area contributed by atoms with Crippen LogP contribution in [0.1, 0.15) is 12.6 Å². The normalized spacial score (nSPS) is 15.8. The largest absolute Gasteiger partial charge is 0.381 e. The van der Waals surface area contributed by atoms with Crippen LogP contribution in [0.25, 0.3) is 0 Å². The maximum atomic E-state index is 10.8. The van der Waals surface area contributed by atoms with Crippen molar-refractivity contribution in [3.63, 3.8) is 0 Å². The maximum Gasteiger partial charge on any atom is 0.264 e. The van der Waals surface area contributed by atoms with E-state index >= 15 is 0 Å². The molecule has 0 aromatic carbocycles. The molecule has 0 unspecified atom stereocenters. The summed E-state index contributed by atoms with van der Waals surface area (Å²) in [5.41, 5.74) is -1.19. The van der Waals surface area contributed by atoms with Gasteiger partial charge >= 0.3 is 0 Å². The summed E-state index contributed by atoms with van der Waals surface area (Å²) in [4.78, 5) is 3.89. The molecular weight excluding hydrogens is 254 g/mol. The zero-order valence-electron chi connectivity index (χ0n) is 8.84. The minimum Gasteiger partial charge on any atom is -0.381 e. The van der Waals surface area contributed by atoms with Crippen molar-refractivity contribution in [3.05, 3.63) is 29.0 Å². The van der Waals surface area contributed by atoms with E-state index in [2.05, 4.69) is 9.17 Å². The zero-order chi connectivity index (χ0) is 12.4. The quantitative estimate of drug-likeness (QED) is 0.819. The van der Waals surface area contributed by atoms with Crippen molar-refractivity contribution < 1.29 is 17.7 Å². The van der Waals surface area contributed by atoms with Gasteiger partial charge < -0.3 is 5.11 Å². The summed E-state index contributed by atoms with van der Waals surface area (Å²) in [6.07, 6.45) is 2.28. The van der Waals surface area contributed by atoms with E-state index in [0.29, 0.717) is 10.7 Å². The number of nitrogens with zero attached hydrogens (tertiary/aromatic N) is 1. The standard InChI is InChI=1S/C9H12ClNO4S/c1-9(12,6-15-16(2,13)14)8-4-3-7(10)5-11-8/h3-5,12H,6H2,1-2H3/t9-/m1/s1. The Labute approximate surface area is 99.2 Å². The number of pyridine rings is 1. The van der Waals surface area contributed by atoms with E-state index in [1.54, 1.807) is 6.07 Å². The summed E-state index contributed by atoms with van der Waals surface area (Å²) in [7, 11) is -3.59. The third kappa shape index (κ3) is 4.05. The van der Waals surface area contributed by atoms with Crippen LogP contribution in [-0.4, -0.2) is 31.4 Å². The minimum absolute atomic E-state index is 0.292. The van der Waals surface area contributed by atoms with E-state index in [-0.39, 0.29) is 6.61 Å². The second-order valence-corrected chi connectivity index (χ2v) is 5.68. The van der Waals surface area contributed by atoms with Gasteiger partial charge in [0.1, 0.15) is 12.2 Å². The van der Waals surface area contributed by atoms with E-state index in [9.17, 15) is 13.5 Å². The average Bonchev–Trinajstić information content (AvgIpc) is 2.15. The fourth-order valence-electron chi connectivity index (χ4n) is 0.990. The second-order valence-electron chi connectivity index (χ2n) is 3.60. The molecule has 1 rings (SSSR count). The summed E-state index contributed by atoms with van der Waals surface area (Å²) in [6.45, 7) is 1.02. The van der Waals surface area contributed by atoms with Gasteiger partial charge in [-0.2, -0.15) is 8.42 Å². The fraction of sp³-hybridized carbons (Fsp3) is 0.444. The molecule has 7 heteroatoms. The topological polar surface area (TPSA) is 76.5 Å². The molecule has 0 saturated heterocycles. The second kappa shape index (κ2) is 4.67. The van der Waals surface area contributed by atoms with Gasteiger partial charge in [0, 0.05) is 6.20 Å². The highest BCUT2D eigenvalue weighted by atomic mass is 35.5. The van der Waals surface area contributed by atoms with Gasteiger partial charge in [-0.15, -0.1) is 0 Å². The summed E-state index contributed by atoms with van der Waals surface area (Å²) in [6, 6.07) is 3.06. The van der Waals surface area contributed by atoms with Crippen LogP contribution in [-0.2, 0) is 19.9 Å². The van der Waals surface area contributed by atoms with Gasteiger partial charge in [-0.1, -0.05) is 11.6 Å². The molecule has 0 saturated carbocycles. The Morgan fingerprint density at radius 1 is 1.56 bits per heavy atom. The predicted octanol–water partition coefficient (Wildman–Crippen LogP) is 0.919. The Balaban J connectivity index is 2.81. The molecule has 0 aliphatic carbocycles. The monoisotopic (exact) mass is 265 g/mol. The lowest BCUT2D eigenvalue weighted by atomic mass is 10.0. The Bertz CT molecular complexity index is 455. The molecule has 0 radical (unpaired) electrons. The van der Waals surface area contributed by atoms with Gasteiger partial charge in [0.2, 0.25) is 0 Å². The fourth-order valence-corrected chi connectivity index (χ4v) is 1.55. The minimum atomic E-state index is -3.59. The molecule has 1 aromatic rings. The SMILES string of the molecule is C[C@@](O)(COS(C)(=O)=O)c1ccc(Cl)cn1. The third-order valence-corrected chi connectivity index (χ3v) is 2.60. The molecule has 0 aliphatic heterocycles. The smallest absolute Gasteiger partial charge is 0.264 e. The van der Waals surface area contributed by atoms with Crippen molar-refractivity contribution in [2.45, 2.75) is 12.5 Å². The van der Waals surface area contributed by atoms with Gasteiger partial charge in [0.05, 0.1) is 17.0 Å². The zero-order valence-corrected chi connectivity index (χ0v) is 10.4. The Hall–Kier alpha value is -0.690. The highest BCUT2D eigenvalue weighted by Gasteiger charge is 2.26. The molecule has 1 heterocycles. The Morgan fingerprint density at radius 2 is 2.19 bits per heavy atom. The molecule has 0 fully saturated rings. The Kier molecular flexibility index (Phi) is 3.90. The third-order valence-electron chi connectivity index (χ3n) is 1.83.